The molecule has 0 aliphatic heterocycles. The van der Waals surface area contributed by atoms with Crippen molar-refractivity contribution in [2.45, 2.75) is 36.5 Å². The SMILES string of the molecule is COc1ccc(C(C)(C)c2ccc(C(C)(c3ccc(OC)cc3)c3ccc(OC)cc3)cc2)cc1.CS(=O)(=O)c1cccc2c1C=CC(=[N+]=[N-])C2=O.[HH]. The standard InChI is InChI=1S/C32H34O3.C11H8N2O3S.H2/c1-31(2,24-11-17-28(33-4)18-12-24)23-7-9-25(10-8-23)32(3,26-13-19-29(34-5)20-14-26)27-15-21-30(35-6)22-16-27;1-17(15,16)10-4-2-3-8-7(10)5-6-9(13-12)11(8)14;/h7-22H,1-6H3;2-6H,1H3;1H. The number of Topliss-reactive ketones (excluding diaryl/α,β-unsaturated/α-hetero) is 1. The fraction of sp³-hybridized carbons (Fsp3) is 0.209. The minimum Gasteiger partial charge on any atom is -0.497 e. The average molecular weight is 717 g/mol. The van der Waals surface area contributed by atoms with Crippen LogP contribution >= 0.6 is 0 Å². The van der Waals surface area contributed by atoms with Gasteiger partial charge in [-0.15, -0.1) is 0 Å². The normalized spacial score (nSPS) is 12.6. The van der Waals surface area contributed by atoms with Crippen LogP contribution in [0, 0.1) is 0 Å². The Morgan fingerprint density at radius 3 is 1.37 bits per heavy atom. The molecule has 0 aromatic heterocycles. The fourth-order valence-electron chi connectivity index (χ4n) is 6.44. The van der Waals surface area contributed by atoms with Gasteiger partial charge in [0, 0.05) is 35.7 Å². The number of hydrogen-bond donors (Lipinski definition) is 0. The van der Waals surface area contributed by atoms with Crippen molar-refractivity contribution in [1.82, 2.24) is 0 Å². The molecule has 0 fully saturated rings. The van der Waals surface area contributed by atoms with Crippen molar-refractivity contribution in [1.29, 1.82) is 0 Å². The van der Waals surface area contributed by atoms with E-state index in [0.29, 0.717) is 5.56 Å². The number of sulfone groups is 1. The topological polar surface area (TPSA) is 115 Å². The van der Waals surface area contributed by atoms with Crippen LogP contribution in [0.5, 0.6) is 17.2 Å². The Kier molecular flexibility index (Phi) is 11.0. The molecule has 0 heterocycles. The molecule has 0 saturated heterocycles. The summed E-state index contributed by atoms with van der Waals surface area (Å²) in [6, 6.07) is 38.5. The van der Waals surface area contributed by atoms with E-state index in [2.05, 4.69) is 86.2 Å². The van der Waals surface area contributed by atoms with Gasteiger partial charge in [0.15, 0.2) is 9.84 Å². The number of ether oxygens (including phenoxy) is 3. The van der Waals surface area contributed by atoms with Gasteiger partial charge < -0.3 is 19.7 Å². The maximum atomic E-state index is 11.8. The third-order valence-corrected chi connectivity index (χ3v) is 10.9. The number of allylic oxidation sites excluding steroid dienone is 1. The predicted octanol–water partition coefficient (Wildman–Crippen LogP) is 8.61. The lowest BCUT2D eigenvalue weighted by atomic mass is 9.70. The number of hydrogen-bond acceptors (Lipinski definition) is 6. The molecule has 1 aliphatic rings. The number of fused-ring (bicyclic) bond motifs is 1. The molecular weight excluding hydrogens is 673 g/mol. The fourth-order valence-corrected chi connectivity index (χ4v) is 7.34. The molecule has 5 aromatic rings. The Hall–Kier alpha value is -5.76. The highest BCUT2D eigenvalue weighted by molar-refractivity contribution is 7.90. The van der Waals surface area contributed by atoms with Crippen molar-refractivity contribution < 1.29 is 33.6 Å². The quantitative estimate of drug-likeness (QED) is 0.0857. The average Bonchev–Trinajstić information content (AvgIpc) is 3.17. The first-order chi connectivity index (χ1) is 24.8. The van der Waals surface area contributed by atoms with Crippen LogP contribution in [0.15, 0.2) is 126 Å². The molecule has 0 radical (unpaired) electrons. The largest absolute Gasteiger partial charge is 0.497 e. The number of carbonyl (C=O) groups excluding carboxylic acids is 1. The van der Waals surface area contributed by atoms with E-state index >= 15 is 0 Å². The molecule has 268 valence electrons. The van der Waals surface area contributed by atoms with Crippen molar-refractivity contribution in [3.8, 4) is 17.2 Å². The second-order valence-electron chi connectivity index (χ2n) is 13.2. The molecule has 5 aromatic carbocycles. The molecule has 1 aliphatic carbocycles. The second-order valence-corrected chi connectivity index (χ2v) is 15.1. The highest BCUT2D eigenvalue weighted by Crippen LogP contribution is 2.41. The Morgan fingerprint density at radius 2 is 0.981 bits per heavy atom. The van der Waals surface area contributed by atoms with Crippen LogP contribution in [0.2, 0.25) is 0 Å². The van der Waals surface area contributed by atoms with Crippen LogP contribution in [0.25, 0.3) is 11.6 Å². The zero-order valence-corrected chi connectivity index (χ0v) is 31.2. The Balaban J connectivity index is 0.000000292. The van der Waals surface area contributed by atoms with Crippen LogP contribution in [0.3, 0.4) is 0 Å². The summed E-state index contributed by atoms with van der Waals surface area (Å²) < 4.78 is 39.2. The highest BCUT2D eigenvalue weighted by Gasteiger charge is 2.33. The lowest BCUT2D eigenvalue weighted by Gasteiger charge is -2.33. The summed E-state index contributed by atoms with van der Waals surface area (Å²) in [6.45, 7) is 6.80. The van der Waals surface area contributed by atoms with Gasteiger partial charge in [-0.05, 0) is 83.3 Å². The third kappa shape index (κ3) is 7.47. The van der Waals surface area contributed by atoms with Crippen LogP contribution in [0.1, 0.15) is 65.9 Å². The van der Waals surface area contributed by atoms with E-state index in [0.717, 1.165) is 23.5 Å². The van der Waals surface area contributed by atoms with E-state index in [-0.39, 0.29) is 28.4 Å². The summed E-state index contributed by atoms with van der Waals surface area (Å²) in [6.07, 6.45) is 3.83. The lowest BCUT2D eigenvalue weighted by molar-refractivity contribution is -0.00436. The number of nitrogens with zero attached hydrogens (tertiary/aromatic N) is 2. The van der Waals surface area contributed by atoms with E-state index in [1.165, 1.54) is 58.2 Å². The van der Waals surface area contributed by atoms with E-state index in [1.807, 2.05) is 36.4 Å². The molecule has 8 nitrogen and oxygen atoms in total. The van der Waals surface area contributed by atoms with Crippen LogP contribution in [0.4, 0.5) is 0 Å². The van der Waals surface area contributed by atoms with Gasteiger partial charge in [-0.25, -0.2) is 8.42 Å². The Labute approximate surface area is 307 Å². The molecular formula is C43H44N2O6S. The predicted molar refractivity (Wildman–Crippen MR) is 207 cm³/mol. The van der Waals surface area contributed by atoms with Crippen LogP contribution in [-0.2, 0) is 20.7 Å². The van der Waals surface area contributed by atoms with Gasteiger partial charge in [0.2, 0.25) is 0 Å². The Bertz CT molecular complexity index is 2210. The number of methoxy groups -OCH3 is 3. The second kappa shape index (κ2) is 15.2. The van der Waals surface area contributed by atoms with E-state index in [9.17, 15) is 13.2 Å². The minimum atomic E-state index is -3.40. The molecule has 0 unspecified atom stereocenters. The molecule has 0 N–H and O–H groups in total. The van der Waals surface area contributed by atoms with Gasteiger partial charge in [0.05, 0.1) is 26.2 Å². The zero-order valence-electron chi connectivity index (χ0n) is 30.4. The van der Waals surface area contributed by atoms with Crippen molar-refractivity contribution in [2.75, 3.05) is 27.6 Å². The maximum Gasteiger partial charge on any atom is 0.362 e. The minimum absolute atomic E-state index is 0. The molecule has 0 spiro atoms. The van der Waals surface area contributed by atoms with Gasteiger partial charge in [-0.3, -0.25) is 4.79 Å². The summed E-state index contributed by atoms with van der Waals surface area (Å²) in [5.74, 6) is 2.08. The molecule has 0 amide bonds. The van der Waals surface area contributed by atoms with Gasteiger partial charge in [-0.1, -0.05) is 86.6 Å². The Morgan fingerprint density at radius 1 is 0.596 bits per heavy atom. The number of carbonyl (C=O) groups is 1. The monoisotopic (exact) mass is 716 g/mol. The molecule has 0 bridgehead atoms. The van der Waals surface area contributed by atoms with Crippen molar-refractivity contribution >= 4 is 27.4 Å². The number of ketones is 1. The van der Waals surface area contributed by atoms with Gasteiger partial charge in [-0.2, -0.15) is 4.79 Å². The van der Waals surface area contributed by atoms with Gasteiger partial charge >= 0.3 is 5.71 Å². The summed E-state index contributed by atoms with van der Waals surface area (Å²) >= 11 is 0. The first kappa shape index (κ1) is 37.5. The van der Waals surface area contributed by atoms with Crippen molar-refractivity contribution in [2.24, 2.45) is 0 Å². The van der Waals surface area contributed by atoms with E-state index in [1.54, 1.807) is 21.3 Å². The number of benzene rings is 5. The molecule has 0 saturated carbocycles. The van der Waals surface area contributed by atoms with Crippen molar-refractivity contribution in [3.63, 3.8) is 0 Å². The van der Waals surface area contributed by atoms with Crippen LogP contribution < -0.4 is 14.2 Å². The smallest absolute Gasteiger partial charge is 0.362 e. The first-order valence-corrected chi connectivity index (χ1v) is 18.5. The summed E-state index contributed by atoms with van der Waals surface area (Å²) in [7, 11) is 1.69. The lowest BCUT2D eigenvalue weighted by Crippen LogP contribution is -2.26. The maximum absolute atomic E-state index is 11.8. The van der Waals surface area contributed by atoms with E-state index < -0.39 is 15.6 Å². The van der Waals surface area contributed by atoms with Gasteiger partial charge in [0.1, 0.15) is 17.2 Å². The molecule has 6 rings (SSSR count). The van der Waals surface area contributed by atoms with Crippen LogP contribution in [-0.4, -0.2) is 52.3 Å². The molecule has 0 atom stereocenters. The summed E-state index contributed by atoms with van der Waals surface area (Å²) in [4.78, 5) is 14.7. The number of rotatable bonds is 9. The summed E-state index contributed by atoms with van der Waals surface area (Å²) in [5.41, 5.74) is 14.7. The van der Waals surface area contributed by atoms with E-state index in [4.69, 9.17) is 19.7 Å². The van der Waals surface area contributed by atoms with Crippen molar-refractivity contribution in [3.05, 3.63) is 166 Å². The molecule has 52 heavy (non-hydrogen) atoms. The first-order valence-electron chi connectivity index (χ1n) is 16.6. The summed E-state index contributed by atoms with van der Waals surface area (Å²) in [5, 5.41) is 0. The highest BCUT2D eigenvalue weighted by atomic mass is 32.2. The van der Waals surface area contributed by atoms with Gasteiger partial charge in [0.25, 0.3) is 5.78 Å². The zero-order chi connectivity index (χ0) is 37.7. The third-order valence-electron chi connectivity index (χ3n) is 9.79. The molecule has 9 heteroatoms.